The first-order valence-electron chi connectivity index (χ1n) is 4.57. The van der Waals surface area contributed by atoms with Gasteiger partial charge in [-0.1, -0.05) is 0 Å². The maximum Gasteiger partial charge on any atom is 0.303 e. The predicted octanol–water partition coefficient (Wildman–Crippen LogP) is 0.0805. The van der Waals surface area contributed by atoms with Gasteiger partial charge in [-0.05, 0) is 13.3 Å². The normalized spacial score (nSPS) is 12.2. The zero-order valence-electron chi connectivity index (χ0n) is 8.56. The zero-order chi connectivity index (χ0) is 11.1. The number of hydrogen-bond acceptors (Lipinski definition) is 3. The van der Waals surface area contributed by atoms with Crippen molar-refractivity contribution in [1.82, 2.24) is 4.90 Å². The Balaban J connectivity index is 3.78. The summed E-state index contributed by atoms with van der Waals surface area (Å²) in [6.07, 6.45) is 0.566. The van der Waals surface area contributed by atoms with Crippen LogP contribution in [0.2, 0.25) is 0 Å². The molecule has 0 saturated heterocycles. The molecule has 0 spiro atoms. The summed E-state index contributed by atoms with van der Waals surface area (Å²) < 4.78 is 0. The number of aliphatic hydroxyl groups excluding tert-OH is 1. The van der Waals surface area contributed by atoms with Gasteiger partial charge >= 0.3 is 5.97 Å². The lowest BCUT2D eigenvalue weighted by Gasteiger charge is -2.22. The first kappa shape index (κ1) is 12.9. The van der Waals surface area contributed by atoms with Crippen molar-refractivity contribution in [3.8, 4) is 0 Å². The Morgan fingerprint density at radius 1 is 1.36 bits per heavy atom. The minimum absolute atomic E-state index is 0.00703. The molecule has 0 bridgehead atoms. The standard InChI is InChI=1S/C9H17NO4/c1-7(6-11)10(2)8(12)4-3-5-9(13)14/h7,11H,3-6H2,1-2H3,(H,13,14). The Bertz CT molecular complexity index is 205. The molecule has 1 unspecified atom stereocenters. The van der Waals surface area contributed by atoms with E-state index in [1.54, 1.807) is 14.0 Å². The van der Waals surface area contributed by atoms with E-state index in [0.29, 0.717) is 6.42 Å². The van der Waals surface area contributed by atoms with Crippen LogP contribution in [0.4, 0.5) is 0 Å². The van der Waals surface area contributed by atoms with Gasteiger partial charge in [0, 0.05) is 19.9 Å². The predicted molar refractivity (Wildman–Crippen MR) is 50.8 cm³/mol. The van der Waals surface area contributed by atoms with Crippen molar-refractivity contribution in [3.05, 3.63) is 0 Å². The number of carboxylic acid groups (broad SMARTS) is 1. The molecule has 0 fully saturated rings. The molecule has 0 aliphatic heterocycles. The summed E-state index contributed by atoms with van der Waals surface area (Å²) in [4.78, 5) is 23.0. The first-order valence-corrected chi connectivity index (χ1v) is 4.57. The Hall–Kier alpha value is -1.10. The lowest BCUT2D eigenvalue weighted by Crippen LogP contribution is -2.37. The van der Waals surface area contributed by atoms with Crippen molar-refractivity contribution in [2.45, 2.75) is 32.2 Å². The van der Waals surface area contributed by atoms with Crippen LogP contribution in [-0.2, 0) is 9.59 Å². The highest BCUT2D eigenvalue weighted by atomic mass is 16.4. The number of amides is 1. The van der Waals surface area contributed by atoms with Crippen LogP contribution in [0.1, 0.15) is 26.2 Å². The number of carbonyl (C=O) groups excluding carboxylic acids is 1. The number of likely N-dealkylation sites (N-methyl/N-ethyl adjacent to an activating group) is 1. The van der Waals surface area contributed by atoms with E-state index in [2.05, 4.69) is 0 Å². The average molecular weight is 203 g/mol. The molecule has 82 valence electrons. The van der Waals surface area contributed by atoms with Crippen molar-refractivity contribution in [2.75, 3.05) is 13.7 Å². The molecule has 0 aromatic carbocycles. The lowest BCUT2D eigenvalue weighted by molar-refractivity contribution is -0.137. The number of carboxylic acids is 1. The van der Waals surface area contributed by atoms with Crippen LogP contribution in [0.3, 0.4) is 0 Å². The Labute approximate surface area is 83.3 Å². The van der Waals surface area contributed by atoms with Crippen LogP contribution >= 0.6 is 0 Å². The Morgan fingerprint density at radius 2 is 1.93 bits per heavy atom. The summed E-state index contributed by atoms with van der Waals surface area (Å²) in [5, 5.41) is 17.1. The molecule has 1 amide bonds. The van der Waals surface area contributed by atoms with Crippen molar-refractivity contribution < 1.29 is 19.8 Å². The molecule has 14 heavy (non-hydrogen) atoms. The summed E-state index contributed by atoms with van der Waals surface area (Å²) in [6, 6.07) is -0.215. The number of aliphatic hydroxyl groups is 1. The van der Waals surface area contributed by atoms with E-state index >= 15 is 0 Å². The van der Waals surface area contributed by atoms with Crippen LogP contribution < -0.4 is 0 Å². The maximum absolute atomic E-state index is 11.3. The van der Waals surface area contributed by atoms with Gasteiger partial charge in [0.25, 0.3) is 0 Å². The van der Waals surface area contributed by atoms with E-state index in [1.807, 2.05) is 0 Å². The minimum atomic E-state index is -0.893. The molecule has 0 aliphatic rings. The van der Waals surface area contributed by atoms with E-state index in [-0.39, 0.29) is 31.4 Å². The molecule has 1 atom stereocenters. The molecule has 0 aromatic heterocycles. The van der Waals surface area contributed by atoms with Crippen LogP contribution in [-0.4, -0.2) is 46.7 Å². The highest BCUT2D eigenvalue weighted by molar-refractivity contribution is 5.77. The number of rotatable bonds is 6. The van der Waals surface area contributed by atoms with Gasteiger partial charge in [-0.2, -0.15) is 0 Å². The van der Waals surface area contributed by atoms with Gasteiger partial charge in [-0.3, -0.25) is 9.59 Å². The molecule has 5 heteroatoms. The van der Waals surface area contributed by atoms with Crippen molar-refractivity contribution in [3.63, 3.8) is 0 Å². The van der Waals surface area contributed by atoms with Gasteiger partial charge in [-0.25, -0.2) is 0 Å². The van der Waals surface area contributed by atoms with Gasteiger partial charge in [0.1, 0.15) is 0 Å². The monoisotopic (exact) mass is 203 g/mol. The molecule has 2 N–H and O–H groups in total. The molecule has 0 radical (unpaired) electrons. The molecular weight excluding hydrogens is 186 g/mol. The summed E-state index contributed by atoms with van der Waals surface area (Å²) in [5.41, 5.74) is 0. The summed E-state index contributed by atoms with van der Waals surface area (Å²) in [5.74, 6) is -1.02. The van der Waals surface area contributed by atoms with Crippen LogP contribution in [0.5, 0.6) is 0 Å². The average Bonchev–Trinajstić information content (AvgIpc) is 2.14. The Kier molecular flexibility index (Phi) is 5.87. The van der Waals surface area contributed by atoms with Crippen molar-refractivity contribution >= 4 is 11.9 Å². The van der Waals surface area contributed by atoms with E-state index in [9.17, 15) is 9.59 Å². The van der Waals surface area contributed by atoms with Crippen LogP contribution in [0.15, 0.2) is 0 Å². The first-order chi connectivity index (χ1) is 6.49. The van der Waals surface area contributed by atoms with Gasteiger partial charge in [0.2, 0.25) is 5.91 Å². The lowest BCUT2D eigenvalue weighted by atomic mass is 10.2. The maximum atomic E-state index is 11.3. The molecule has 0 heterocycles. The fourth-order valence-corrected chi connectivity index (χ4v) is 0.935. The number of aliphatic carboxylic acids is 1. The molecule has 0 rings (SSSR count). The van der Waals surface area contributed by atoms with Crippen LogP contribution in [0.25, 0.3) is 0 Å². The topological polar surface area (TPSA) is 77.8 Å². The number of nitrogens with zero attached hydrogens (tertiary/aromatic N) is 1. The molecule has 5 nitrogen and oxygen atoms in total. The second-order valence-corrected chi connectivity index (χ2v) is 3.28. The highest BCUT2D eigenvalue weighted by Crippen LogP contribution is 2.02. The minimum Gasteiger partial charge on any atom is -0.481 e. The smallest absolute Gasteiger partial charge is 0.303 e. The number of carbonyl (C=O) groups is 2. The van der Waals surface area contributed by atoms with Gasteiger partial charge in [-0.15, -0.1) is 0 Å². The van der Waals surface area contributed by atoms with Gasteiger partial charge < -0.3 is 15.1 Å². The third kappa shape index (κ3) is 4.81. The summed E-state index contributed by atoms with van der Waals surface area (Å²) >= 11 is 0. The van der Waals surface area contributed by atoms with E-state index in [0.717, 1.165) is 0 Å². The Morgan fingerprint density at radius 3 is 2.36 bits per heavy atom. The highest BCUT2D eigenvalue weighted by Gasteiger charge is 2.14. The fraction of sp³-hybridized carbons (Fsp3) is 0.778. The second-order valence-electron chi connectivity index (χ2n) is 3.28. The second kappa shape index (κ2) is 6.37. The summed E-state index contributed by atoms with van der Waals surface area (Å²) in [7, 11) is 1.60. The van der Waals surface area contributed by atoms with E-state index in [1.165, 1.54) is 4.90 Å². The van der Waals surface area contributed by atoms with E-state index < -0.39 is 5.97 Å². The van der Waals surface area contributed by atoms with Crippen molar-refractivity contribution in [1.29, 1.82) is 0 Å². The quantitative estimate of drug-likeness (QED) is 0.641. The molecule has 0 aromatic rings. The summed E-state index contributed by atoms with van der Waals surface area (Å²) in [6.45, 7) is 1.65. The van der Waals surface area contributed by atoms with E-state index in [4.69, 9.17) is 10.2 Å². The SMILES string of the molecule is CC(CO)N(C)C(=O)CCCC(=O)O. The third-order valence-electron chi connectivity index (χ3n) is 2.10. The number of hydrogen-bond donors (Lipinski definition) is 2. The molecular formula is C9H17NO4. The largest absolute Gasteiger partial charge is 0.481 e. The molecule has 0 saturated carbocycles. The third-order valence-corrected chi connectivity index (χ3v) is 2.10. The van der Waals surface area contributed by atoms with Crippen molar-refractivity contribution in [2.24, 2.45) is 0 Å². The molecule has 0 aliphatic carbocycles. The van der Waals surface area contributed by atoms with Crippen LogP contribution in [0, 0.1) is 0 Å². The zero-order valence-corrected chi connectivity index (χ0v) is 8.56. The van der Waals surface area contributed by atoms with Gasteiger partial charge in [0.15, 0.2) is 0 Å². The fourth-order valence-electron chi connectivity index (χ4n) is 0.935. The van der Waals surface area contributed by atoms with Gasteiger partial charge in [0.05, 0.1) is 12.6 Å².